The highest BCUT2D eigenvalue weighted by molar-refractivity contribution is 9.10. The number of rotatable bonds is 3. The van der Waals surface area contributed by atoms with Crippen molar-refractivity contribution >= 4 is 33.5 Å². The number of hydrogen-bond donors (Lipinski definition) is 2. The van der Waals surface area contributed by atoms with Gasteiger partial charge in [0.25, 0.3) is 0 Å². The van der Waals surface area contributed by atoms with Gasteiger partial charge in [0, 0.05) is 18.0 Å². The van der Waals surface area contributed by atoms with Gasteiger partial charge < -0.3 is 5.73 Å². The Hall–Kier alpha value is -1.40. The fourth-order valence-corrected chi connectivity index (χ4v) is 2.45. The van der Waals surface area contributed by atoms with Crippen LogP contribution in [0.4, 0.5) is 0 Å². The van der Waals surface area contributed by atoms with Gasteiger partial charge in [0.1, 0.15) is 15.9 Å². The van der Waals surface area contributed by atoms with Crippen LogP contribution in [-0.4, -0.2) is 15.8 Å². The van der Waals surface area contributed by atoms with E-state index in [1.165, 1.54) is 11.8 Å². The van der Waals surface area contributed by atoms with Gasteiger partial charge in [-0.3, -0.25) is 5.41 Å². The van der Waals surface area contributed by atoms with Crippen LogP contribution in [0.25, 0.3) is 0 Å². The lowest BCUT2D eigenvalue weighted by Gasteiger charge is -2.03. The second-order valence-corrected chi connectivity index (χ2v) is 5.05. The molecule has 6 heteroatoms. The van der Waals surface area contributed by atoms with Crippen LogP contribution in [0.2, 0.25) is 0 Å². The minimum atomic E-state index is 0.0364. The molecule has 3 N–H and O–H groups in total. The van der Waals surface area contributed by atoms with Gasteiger partial charge in [-0.25, -0.2) is 9.97 Å². The zero-order chi connectivity index (χ0) is 12.3. The van der Waals surface area contributed by atoms with Crippen molar-refractivity contribution in [1.29, 1.82) is 5.41 Å². The van der Waals surface area contributed by atoms with E-state index in [9.17, 15) is 0 Å². The third-order valence-corrected chi connectivity index (χ3v) is 3.83. The van der Waals surface area contributed by atoms with E-state index < -0.39 is 0 Å². The number of nitrogens with zero attached hydrogens (tertiary/aromatic N) is 2. The molecule has 0 amide bonds. The molecule has 2 rings (SSSR count). The summed E-state index contributed by atoms with van der Waals surface area (Å²) < 4.78 is 0.917. The van der Waals surface area contributed by atoms with E-state index in [0.29, 0.717) is 5.56 Å². The summed E-state index contributed by atoms with van der Waals surface area (Å²) in [4.78, 5) is 8.45. The lowest BCUT2D eigenvalue weighted by Crippen LogP contribution is -2.10. The first-order chi connectivity index (χ1) is 8.16. The van der Waals surface area contributed by atoms with E-state index in [1.54, 1.807) is 24.5 Å². The molecule has 2 heterocycles. The maximum absolute atomic E-state index is 7.37. The van der Waals surface area contributed by atoms with Gasteiger partial charge in [-0.15, -0.1) is 0 Å². The Labute approximate surface area is 111 Å². The van der Waals surface area contributed by atoms with Crippen LogP contribution in [0.1, 0.15) is 5.56 Å². The molecule has 0 radical (unpaired) electrons. The van der Waals surface area contributed by atoms with E-state index in [4.69, 9.17) is 11.1 Å². The Morgan fingerprint density at radius 2 is 2.12 bits per heavy atom. The minimum Gasteiger partial charge on any atom is -0.384 e. The number of nitrogens with two attached hydrogens (primary N) is 1. The predicted octanol–water partition coefficient (Wildman–Crippen LogP) is 2.67. The van der Waals surface area contributed by atoms with Crippen LogP contribution in [0, 0.1) is 5.41 Å². The summed E-state index contributed by atoms with van der Waals surface area (Å²) in [6.07, 6.45) is 3.36. The first-order valence-electron chi connectivity index (χ1n) is 4.75. The molecule has 0 aromatic carbocycles. The number of hydrogen-bond acceptors (Lipinski definition) is 4. The van der Waals surface area contributed by atoms with Crippen molar-refractivity contribution in [1.82, 2.24) is 9.97 Å². The van der Waals surface area contributed by atoms with Crippen LogP contribution in [-0.2, 0) is 0 Å². The van der Waals surface area contributed by atoms with Gasteiger partial charge in [-0.05, 0) is 52.0 Å². The van der Waals surface area contributed by atoms with Crippen molar-refractivity contribution in [2.24, 2.45) is 5.73 Å². The quantitative estimate of drug-likeness (QED) is 0.675. The molecule has 0 saturated carbocycles. The zero-order valence-corrected chi connectivity index (χ0v) is 11.1. The average Bonchev–Trinajstić information content (AvgIpc) is 2.32. The molecule has 0 aliphatic heterocycles. The molecule has 2 aromatic heterocycles. The Bertz CT molecular complexity index is 559. The van der Waals surface area contributed by atoms with Gasteiger partial charge >= 0.3 is 0 Å². The fraction of sp³-hybridized carbons (Fsp3) is 0. The fourth-order valence-electron chi connectivity index (χ4n) is 1.18. The molecular weight excluding hydrogens is 300 g/mol. The summed E-state index contributed by atoms with van der Waals surface area (Å²) in [5.74, 6) is 0.0364. The molecule has 0 fully saturated rings. The standard InChI is InChI=1S/C11H9BrN4S/c12-8-2-1-4-16-11(8)17-9-6-7(10(13)14)3-5-15-9/h1-6H,(H3,13,14). The van der Waals surface area contributed by atoms with Gasteiger partial charge in [0.15, 0.2) is 0 Å². The summed E-state index contributed by atoms with van der Waals surface area (Å²) >= 11 is 4.85. The Kier molecular flexibility index (Phi) is 3.75. The van der Waals surface area contributed by atoms with Crippen molar-refractivity contribution in [2.75, 3.05) is 0 Å². The average molecular weight is 309 g/mol. The molecule has 86 valence electrons. The van der Waals surface area contributed by atoms with E-state index in [2.05, 4.69) is 25.9 Å². The van der Waals surface area contributed by atoms with Crippen molar-refractivity contribution in [3.8, 4) is 0 Å². The largest absolute Gasteiger partial charge is 0.384 e. The Morgan fingerprint density at radius 3 is 2.82 bits per heavy atom. The molecule has 0 aliphatic rings. The highest BCUT2D eigenvalue weighted by Crippen LogP contribution is 2.30. The van der Waals surface area contributed by atoms with Crippen LogP contribution < -0.4 is 5.73 Å². The molecule has 0 bridgehead atoms. The molecule has 0 saturated heterocycles. The van der Waals surface area contributed by atoms with Crippen LogP contribution in [0.5, 0.6) is 0 Å². The summed E-state index contributed by atoms with van der Waals surface area (Å²) in [6.45, 7) is 0. The van der Waals surface area contributed by atoms with Gasteiger partial charge in [-0.2, -0.15) is 0 Å². The topological polar surface area (TPSA) is 75.7 Å². The third kappa shape index (κ3) is 3.04. The lowest BCUT2D eigenvalue weighted by molar-refractivity contribution is 1.08. The number of aromatic nitrogens is 2. The summed E-state index contributed by atoms with van der Waals surface area (Å²) in [5.41, 5.74) is 6.09. The van der Waals surface area contributed by atoms with E-state index in [0.717, 1.165) is 14.5 Å². The number of pyridine rings is 2. The van der Waals surface area contributed by atoms with Crippen LogP contribution in [0.3, 0.4) is 0 Å². The predicted molar refractivity (Wildman–Crippen MR) is 71.3 cm³/mol. The van der Waals surface area contributed by atoms with Crippen molar-refractivity contribution < 1.29 is 0 Å². The first-order valence-corrected chi connectivity index (χ1v) is 6.36. The first kappa shape index (κ1) is 12.1. The van der Waals surface area contributed by atoms with Gasteiger partial charge in [0.05, 0.1) is 4.47 Å². The lowest BCUT2D eigenvalue weighted by atomic mass is 10.2. The maximum Gasteiger partial charge on any atom is 0.122 e. The number of nitrogens with one attached hydrogen (secondary N) is 1. The molecule has 0 atom stereocenters. The van der Waals surface area contributed by atoms with Crippen LogP contribution >= 0.6 is 27.7 Å². The second-order valence-electron chi connectivity index (χ2n) is 3.19. The molecule has 0 unspecified atom stereocenters. The van der Waals surface area contributed by atoms with E-state index in [-0.39, 0.29) is 5.84 Å². The number of amidine groups is 1. The molecule has 2 aromatic rings. The molecule has 0 aliphatic carbocycles. The highest BCUT2D eigenvalue weighted by Gasteiger charge is 2.05. The minimum absolute atomic E-state index is 0.0364. The van der Waals surface area contributed by atoms with Crippen molar-refractivity contribution in [3.63, 3.8) is 0 Å². The summed E-state index contributed by atoms with van der Waals surface area (Å²) in [5, 5.41) is 8.97. The van der Waals surface area contributed by atoms with Crippen molar-refractivity contribution in [2.45, 2.75) is 10.1 Å². The third-order valence-electron chi connectivity index (χ3n) is 1.97. The van der Waals surface area contributed by atoms with Crippen LogP contribution in [0.15, 0.2) is 51.2 Å². The molecule has 0 spiro atoms. The monoisotopic (exact) mass is 308 g/mol. The Balaban J connectivity index is 2.28. The summed E-state index contributed by atoms with van der Waals surface area (Å²) in [6, 6.07) is 7.26. The van der Waals surface area contributed by atoms with Gasteiger partial charge in [0.2, 0.25) is 0 Å². The van der Waals surface area contributed by atoms with E-state index in [1.807, 2.05) is 12.1 Å². The highest BCUT2D eigenvalue weighted by atomic mass is 79.9. The zero-order valence-electron chi connectivity index (χ0n) is 8.72. The van der Waals surface area contributed by atoms with Crippen molar-refractivity contribution in [3.05, 3.63) is 46.7 Å². The Morgan fingerprint density at radius 1 is 1.29 bits per heavy atom. The molecular formula is C11H9BrN4S. The van der Waals surface area contributed by atoms with E-state index >= 15 is 0 Å². The maximum atomic E-state index is 7.37. The number of nitrogen functional groups attached to an aromatic ring is 1. The van der Waals surface area contributed by atoms with Gasteiger partial charge in [-0.1, -0.05) is 0 Å². The smallest absolute Gasteiger partial charge is 0.122 e. The molecule has 17 heavy (non-hydrogen) atoms. The number of halogens is 1. The normalized spacial score (nSPS) is 10.2. The second kappa shape index (κ2) is 5.29. The summed E-state index contributed by atoms with van der Waals surface area (Å²) in [7, 11) is 0. The SMILES string of the molecule is N=C(N)c1ccnc(Sc2ncccc2Br)c1. The molecule has 4 nitrogen and oxygen atoms in total.